The van der Waals surface area contributed by atoms with Crippen molar-refractivity contribution < 1.29 is 4.79 Å². The number of benzene rings is 2. The maximum absolute atomic E-state index is 11.6. The van der Waals surface area contributed by atoms with Crippen LogP contribution in [0.1, 0.15) is 0 Å². The second kappa shape index (κ2) is 5.30. The molecule has 0 saturated carbocycles. The van der Waals surface area contributed by atoms with E-state index in [1.54, 1.807) is 7.05 Å². The molecule has 5 heteroatoms. The van der Waals surface area contributed by atoms with Crippen LogP contribution < -0.4 is 10.1 Å². The van der Waals surface area contributed by atoms with Gasteiger partial charge in [-0.3, -0.25) is 4.57 Å². The van der Waals surface area contributed by atoms with Crippen LogP contribution in [0.5, 0.6) is 0 Å². The van der Waals surface area contributed by atoms with Gasteiger partial charge in [-0.05, 0) is 24.3 Å². The van der Waals surface area contributed by atoms with E-state index in [4.69, 9.17) is 0 Å². The number of para-hydroxylation sites is 2. The number of hydrogen-bond donors (Lipinski definition) is 1. The van der Waals surface area contributed by atoms with E-state index in [1.165, 1.54) is 11.3 Å². The molecule has 0 radical (unpaired) electrons. The molecular formula is C15H13N3OS. The lowest BCUT2D eigenvalue weighted by Gasteiger charge is -2.04. The monoisotopic (exact) mass is 283 g/mol. The number of hydrogen-bond acceptors (Lipinski definition) is 2. The molecule has 1 N–H and O–H groups in total. The number of nitrogens with one attached hydrogen (secondary N) is 1. The molecule has 20 heavy (non-hydrogen) atoms. The molecule has 2 amide bonds. The highest BCUT2D eigenvalue weighted by atomic mass is 32.1. The van der Waals surface area contributed by atoms with Gasteiger partial charge in [-0.1, -0.05) is 41.7 Å². The van der Waals surface area contributed by atoms with Crippen molar-refractivity contribution in [3.05, 3.63) is 59.4 Å². The molecule has 0 aliphatic rings. The predicted octanol–water partition coefficient (Wildman–Crippen LogP) is 2.93. The van der Waals surface area contributed by atoms with Gasteiger partial charge in [-0.25, -0.2) is 4.79 Å². The first kappa shape index (κ1) is 12.6. The Kier molecular flexibility index (Phi) is 3.35. The van der Waals surface area contributed by atoms with E-state index in [-0.39, 0.29) is 6.03 Å². The van der Waals surface area contributed by atoms with Crippen LogP contribution >= 0.6 is 11.3 Å². The standard InChI is InChI=1S/C15H13N3OS/c1-16-14(19)17-15-18(11-7-3-2-4-8-11)12-9-5-6-10-13(12)20-15/h2-10H,1H3,(H,16,19). The first-order chi connectivity index (χ1) is 9.79. The van der Waals surface area contributed by atoms with Crippen LogP contribution in [0.4, 0.5) is 4.79 Å². The molecule has 0 bridgehead atoms. The van der Waals surface area contributed by atoms with Gasteiger partial charge in [0.2, 0.25) is 0 Å². The quantitative estimate of drug-likeness (QED) is 0.733. The predicted molar refractivity (Wildman–Crippen MR) is 81.2 cm³/mol. The summed E-state index contributed by atoms with van der Waals surface area (Å²) in [6, 6.07) is 17.6. The molecule has 0 unspecified atom stereocenters. The van der Waals surface area contributed by atoms with Crippen molar-refractivity contribution in [2.24, 2.45) is 4.99 Å². The van der Waals surface area contributed by atoms with E-state index in [0.717, 1.165) is 15.9 Å². The van der Waals surface area contributed by atoms with Crippen molar-refractivity contribution in [1.29, 1.82) is 0 Å². The van der Waals surface area contributed by atoms with Crippen LogP contribution in [0.15, 0.2) is 59.6 Å². The van der Waals surface area contributed by atoms with Crippen LogP contribution in [0, 0.1) is 0 Å². The number of fused-ring (bicyclic) bond motifs is 1. The smallest absolute Gasteiger partial charge is 0.339 e. The molecule has 100 valence electrons. The summed E-state index contributed by atoms with van der Waals surface area (Å²) in [5, 5.41) is 2.52. The van der Waals surface area contributed by atoms with Gasteiger partial charge < -0.3 is 5.32 Å². The maximum atomic E-state index is 11.6. The summed E-state index contributed by atoms with van der Waals surface area (Å²) < 4.78 is 3.09. The Hall–Kier alpha value is -2.40. The summed E-state index contributed by atoms with van der Waals surface area (Å²) in [5.41, 5.74) is 2.04. The Labute approximate surface area is 120 Å². The van der Waals surface area contributed by atoms with Gasteiger partial charge in [0.25, 0.3) is 0 Å². The molecule has 3 aromatic rings. The number of amides is 2. The average Bonchev–Trinajstić information content (AvgIpc) is 2.85. The molecule has 2 aromatic carbocycles. The van der Waals surface area contributed by atoms with E-state index in [0.29, 0.717) is 4.80 Å². The van der Waals surface area contributed by atoms with Crippen LogP contribution in [0.2, 0.25) is 0 Å². The summed E-state index contributed by atoms with van der Waals surface area (Å²) in [5.74, 6) is 0. The number of thiazole rings is 1. The molecule has 0 fully saturated rings. The first-order valence-electron chi connectivity index (χ1n) is 6.22. The Balaban J connectivity index is 2.35. The molecular weight excluding hydrogens is 270 g/mol. The number of nitrogens with zero attached hydrogens (tertiary/aromatic N) is 2. The summed E-state index contributed by atoms with van der Waals surface area (Å²) in [7, 11) is 1.58. The largest absolute Gasteiger partial charge is 0.343 e. The van der Waals surface area contributed by atoms with Crippen molar-refractivity contribution in [3.63, 3.8) is 0 Å². The van der Waals surface area contributed by atoms with Crippen LogP contribution in [0.3, 0.4) is 0 Å². The molecule has 1 aromatic heterocycles. The minimum absolute atomic E-state index is 0.346. The second-order valence-electron chi connectivity index (χ2n) is 4.19. The Morgan fingerprint density at radius 1 is 1.10 bits per heavy atom. The third-order valence-electron chi connectivity index (χ3n) is 2.92. The SMILES string of the molecule is CNC(=O)N=c1sc2ccccc2n1-c1ccccc1. The van der Waals surface area contributed by atoms with E-state index < -0.39 is 0 Å². The summed E-state index contributed by atoms with van der Waals surface area (Å²) in [4.78, 5) is 16.3. The van der Waals surface area contributed by atoms with E-state index in [9.17, 15) is 4.79 Å². The molecule has 0 aliphatic carbocycles. The molecule has 0 atom stereocenters. The van der Waals surface area contributed by atoms with Gasteiger partial charge in [0.1, 0.15) is 0 Å². The molecule has 3 rings (SSSR count). The van der Waals surface area contributed by atoms with Crippen molar-refractivity contribution >= 4 is 27.6 Å². The van der Waals surface area contributed by atoms with Gasteiger partial charge in [-0.2, -0.15) is 4.99 Å². The topological polar surface area (TPSA) is 46.4 Å². The fourth-order valence-electron chi connectivity index (χ4n) is 2.02. The average molecular weight is 283 g/mol. The summed E-state index contributed by atoms with van der Waals surface area (Å²) in [6.45, 7) is 0. The van der Waals surface area contributed by atoms with Crippen LogP contribution in [0.25, 0.3) is 15.9 Å². The van der Waals surface area contributed by atoms with Crippen LogP contribution in [-0.4, -0.2) is 17.6 Å². The van der Waals surface area contributed by atoms with Crippen molar-refractivity contribution in [3.8, 4) is 5.69 Å². The highest BCUT2D eigenvalue weighted by molar-refractivity contribution is 7.16. The lowest BCUT2D eigenvalue weighted by Crippen LogP contribution is -2.20. The van der Waals surface area contributed by atoms with Gasteiger partial charge in [0.15, 0.2) is 4.80 Å². The van der Waals surface area contributed by atoms with E-state index in [2.05, 4.69) is 10.3 Å². The highest BCUT2D eigenvalue weighted by Gasteiger charge is 2.08. The van der Waals surface area contributed by atoms with Crippen molar-refractivity contribution in [1.82, 2.24) is 9.88 Å². The van der Waals surface area contributed by atoms with E-state index in [1.807, 2.05) is 59.2 Å². The fourth-order valence-corrected chi connectivity index (χ4v) is 3.05. The zero-order valence-corrected chi connectivity index (χ0v) is 11.7. The van der Waals surface area contributed by atoms with E-state index >= 15 is 0 Å². The summed E-state index contributed by atoms with van der Waals surface area (Å²) >= 11 is 1.50. The minimum Gasteiger partial charge on any atom is -0.339 e. The van der Waals surface area contributed by atoms with Crippen molar-refractivity contribution in [2.45, 2.75) is 0 Å². The van der Waals surface area contributed by atoms with Crippen molar-refractivity contribution in [2.75, 3.05) is 7.05 Å². The van der Waals surface area contributed by atoms with Gasteiger partial charge >= 0.3 is 6.03 Å². The molecule has 0 saturated heterocycles. The molecule has 4 nitrogen and oxygen atoms in total. The number of carbonyl (C=O) groups is 1. The second-order valence-corrected chi connectivity index (χ2v) is 5.20. The van der Waals surface area contributed by atoms with Crippen LogP contribution in [-0.2, 0) is 0 Å². The molecule has 0 aliphatic heterocycles. The van der Waals surface area contributed by atoms with Gasteiger partial charge in [0.05, 0.1) is 10.2 Å². The third kappa shape index (κ3) is 2.23. The molecule has 0 spiro atoms. The Morgan fingerprint density at radius 3 is 2.55 bits per heavy atom. The number of rotatable bonds is 1. The first-order valence-corrected chi connectivity index (χ1v) is 7.03. The lowest BCUT2D eigenvalue weighted by atomic mass is 10.3. The normalized spacial score (nSPS) is 11.8. The van der Waals surface area contributed by atoms with Gasteiger partial charge in [0, 0.05) is 12.7 Å². The fraction of sp³-hybridized carbons (Fsp3) is 0.0667. The zero-order chi connectivity index (χ0) is 13.9. The minimum atomic E-state index is -0.346. The number of carbonyl (C=O) groups excluding carboxylic acids is 1. The lowest BCUT2D eigenvalue weighted by molar-refractivity contribution is 0.250. The third-order valence-corrected chi connectivity index (χ3v) is 3.95. The summed E-state index contributed by atoms with van der Waals surface area (Å²) in [6.07, 6.45) is 0. The molecule has 1 heterocycles. The zero-order valence-electron chi connectivity index (χ0n) is 10.9. The maximum Gasteiger partial charge on any atom is 0.343 e. The number of urea groups is 1. The Bertz CT molecular complexity index is 818. The highest BCUT2D eigenvalue weighted by Crippen LogP contribution is 2.20. The Morgan fingerprint density at radius 2 is 1.80 bits per heavy atom. The number of aromatic nitrogens is 1. The van der Waals surface area contributed by atoms with Gasteiger partial charge in [-0.15, -0.1) is 0 Å².